The van der Waals surface area contributed by atoms with E-state index in [1.54, 1.807) is 0 Å². The first-order valence-electron chi connectivity index (χ1n) is 11.8. The van der Waals surface area contributed by atoms with Crippen molar-refractivity contribution < 1.29 is 10.2 Å². The van der Waals surface area contributed by atoms with Gasteiger partial charge in [0, 0.05) is 24.2 Å². The van der Waals surface area contributed by atoms with Crippen LogP contribution in [-0.4, -0.2) is 32.2 Å². The summed E-state index contributed by atoms with van der Waals surface area (Å²) in [5.41, 5.74) is 3.82. The van der Waals surface area contributed by atoms with Crippen LogP contribution in [0.25, 0.3) is 6.08 Å². The summed E-state index contributed by atoms with van der Waals surface area (Å²) in [6, 6.07) is 0. The summed E-state index contributed by atoms with van der Waals surface area (Å²) >= 11 is 0. The molecule has 8 atom stereocenters. The standard InChI is InChI=1S/C25H38N2O2/c1-15-17(14-27(4)26-15)11-16-12-22-20-6-5-18-13-19(28)7-9-24(18,2)21(20)8-10-25(22,3)23(16)29/h11,14,18-23,28-29H,5-10,12-13H2,1-4H3/b16-11-/t18-,19-,20-,21+,22+,23+,24-,25+/m0/s1. The summed E-state index contributed by atoms with van der Waals surface area (Å²) in [7, 11) is 1.96. The number of aryl methyl sites for hydroxylation is 2. The van der Waals surface area contributed by atoms with E-state index in [1.807, 2.05) is 11.7 Å². The minimum atomic E-state index is -0.327. The zero-order chi connectivity index (χ0) is 20.6. The summed E-state index contributed by atoms with van der Waals surface area (Å²) in [4.78, 5) is 0. The van der Waals surface area contributed by atoms with Gasteiger partial charge in [-0.15, -0.1) is 0 Å². The number of hydrogen-bond acceptors (Lipinski definition) is 3. The van der Waals surface area contributed by atoms with E-state index < -0.39 is 0 Å². The zero-order valence-electron chi connectivity index (χ0n) is 18.6. The van der Waals surface area contributed by atoms with Crippen LogP contribution in [0.3, 0.4) is 0 Å². The molecule has 4 aliphatic carbocycles. The SMILES string of the molecule is Cc1nn(C)cc1/C=C1/C[C@@H]2[C@H]3CC[C@H]4C[C@@H](O)CC[C@]4(C)[C@@H]3CC[C@@]2(C)[C@@H]1O. The summed E-state index contributed by atoms with van der Waals surface area (Å²) < 4.78 is 1.87. The van der Waals surface area contributed by atoms with Crippen LogP contribution in [0.5, 0.6) is 0 Å². The van der Waals surface area contributed by atoms with Crippen molar-refractivity contribution in [3.05, 3.63) is 23.0 Å². The van der Waals surface area contributed by atoms with Gasteiger partial charge in [-0.05, 0) is 99.0 Å². The van der Waals surface area contributed by atoms with Gasteiger partial charge in [0.1, 0.15) is 0 Å². The number of hydrogen-bond donors (Lipinski definition) is 2. The number of aliphatic hydroxyl groups is 2. The molecule has 4 fully saturated rings. The van der Waals surface area contributed by atoms with Crippen molar-refractivity contribution in [1.29, 1.82) is 0 Å². The fourth-order valence-electron chi connectivity index (χ4n) is 8.19. The molecule has 5 rings (SSSR count). The van der Waals surface area contributed by atoms with E-state index in [2.05, 4.69) is 38.1 Å². The molecule has 0 aromatic carbocycles. The Hall–Kier alpha value is -1.13. The molecule has 4 nitrogen and oxygen atoms in total. The van der Waals surface area contributed by atoms with Crippen molar-refractivity contribution in [2.45, 2.75) is 84.3 Å². The lowest BCUT2D eigenvalue weighted by Crippen LogP contribution is -2.54. The third kappa shape index (κ3) is 2.89. The van der Waals surface area contributed by atoms with Crippen molar-refractivity contribution in [2.24, 2.45) is 41.5 Å². The van der Waals surface area contributed by atoms with Crippen LogP contribution in [0, 0.1) is 41.4 Å². The molecule has 29 heavy (non-hydrogen) atoms. The van der Waals surface area contributed by atoms with Crippen LogP contribution >= 0.6 is 0 Å². The second-order valence-electron chi connectivity index (χ2n) is 11.3. The average Bonchev–Trinajstić information content (AvgIpc) is 3.12. The van der Waals surface area contributed by atoms with Crippen LogP contribution < -0.4 is 0 Å². The summed E-state index contributed by atoms with van der Waals surface area (Å²) in [6.07, 6.45) is 13.0. The molecule has 4 saturated carbocycles. The quantitative estimate of drug-likeness (QED) is 0.733. The predicted molar refractivity (Wildman–Crippen MR) is 115 cm³/mol. The lowest BCUT2D eigenvalue weighted by Gasteiger charge is -2.60. The van der Waals surface area contributed by atoms with Crippen LogP contribution in [0.15, 0.2) is 11.8 Å². The first-order chi connectivity index (χ1) is 13.7. The fourth-order valence-corrected chi connectivity index (χ4v) is 8.19. The van der Waals surface area contributed by atoms with Gasteiger partial charge in [-0.3, -0.25) is 4.68 Å². The summed E-state index contributed by atoms with van der Waals surface area (Å²) in [5.74, 6) is 2.76. The average molecular weight is 399 g/mol. The van der Waals surface area contributed by atoms with Crippen LogP contribution in [0.4, 0.5) is 0 Å². The third-order valence-electron chi connectivity index (χ3n) is 9.90. The molecular weight excluding hydrogens is 360 g/mol. The highest BCUT2D eigenvalue weighted by molar-refractivity contribution is 5.56. The van der Waals surface area contributed by atoms with Gasteiger partial charge in [0.2, 0.25) is 0 Å². The molecule has 0 bridgehead atoms. The molecule has 4 aliphatic rings. The van der Waals surface area contributed by atoms with E-state index in [1.165, 1.54) is 31.3 Å². The smallest absolute Gasteiger partial charge is 0.0809 e. The van der Waals surface area contributed by atoms with E-state index in [4.69, 9.17) is 0 Å². The number of aromatic nitrogens is 2. The number of fused-ring (bicyclic) bond motifs is 5. The Bertz CT molecular complexity index is 829. The third-order valence-corrected chi connectivity index (χ3v) is 9.90. The van der Waals surface area contributed by atoms with E-state index in [-0.39, 0.29) is 17.6 Å². The predicted octanol–water partition coefficient (Wildman–Crippen LogP) is 4.49. The topological polar surface area (TPSA) is 58.3 Å². The van der Waals surface area contributed by atoms with Gasteiger partial charge in [0.05, 0.1) is 17.9 Å². The molecule has 0 aliphatic heterocycles. The Morgan fingerprint density at radius 2 is 1.83 bits per heavy atom. The second kappa shape index (κ2) is 6.68. The van der Waals surface area contributed by atoms with E-state index >= 15 is 0 Å². The Morgan fingerprint density at radius 3 is 2.55 bits per heavy atom. The highest BCUT2D eigenvalue weighted by atomic mass is 16.3. The number of rotatable bonds is 1. The number of nitrogens with zero attached hydrogens (tertiary/aromatic N) is 2. The van der Waals surface area contributed by atoms with Crippen molar-refractivity contribution in [3.63, 3.8) is 0 Å². The lowest BCUT2D eigenvalue weighted by atomic mass is 9.45. The molecule has 1 heterocycles. The second-order valence-corrected chi connectivity index (χ2v) is 11.3. The summed E-state index contributed by atoms with van der Waals surface area (Å²) in [6.45, 7) is 6.94. The molecule has 0 saturated heterocycles. The van der Waals surface area contributed by atoms with Gasteiger partial charge in [0.25, 0.3) is 0 Å². The Labute approximate surface area is 175 Å². The molecule has 0 radical (unpaired) electrons. The van der Waals surface area contributed by atoms with Gasteiger partial charge in [-0.2, -0.15) is 5.10 Å². The lowest BCUT2D eigenvalue weighted by molar-refractivity contribution is -0.133. The first kappa shape index (κ1) is 19.8. The highest BCUT2D eigenvalue weighted by Crippen LogP contribution is 2.67. The summed E-state index contributed by atoms with van der Waals surface area (Å²) in [5, 5.41) is 26.1. The monoisotopic (exact) mass is 398 g/mol. The Kier molecular flexibility index (Phi) is 4.57. The van der Waals surface area contributed by atoms with Gasteiger partial charge < -0.3 is 10.2 Å². The Balaban J connectivity index is 1.45. The van der Waals surface area contributed by atoms with Crippen molar-refractivity contribution in [1.82, 2.24) is 9.78 Å². The van der Waals surface area contributed by atoms with Crippen LogP contribution in [0.2, 0.25) is 0 Å². The first-order valence-corrected chi connectivity index (χ1v) is 11.8. The minimum absolute atomic E-state index is 0.0144. The molecule has 0 amide bonds. The number of aliphatic hydroxyl groups excluding tert-OH is 2. The largest absolute Gasteiger partial charge is 0.393 e. The fraction of sp³-hybridized carbons (Fsp3) is 0.800. The van der Waals surface area contributed by atoms with Gasteiger partial charge in [-0.1, -0.05) is 13.8 Å². The van der Waals surface area contributed by atoms with Crippen LogP contribution in [0.1, 0.15) is 76.5 Å². The van der Waals surface area contributed by atoms with Crippen LogP contribution in [-0.2, 0) is 7.05 Å². The molecule has 160 valence electrons. The maximum Gasteiger partial charge on any atom is 0.0809 e. The minimum Gasteiger partial charge on any atom is -0.393 e. The maximum atomic E-state index is 11.4. The van der Waals surface area contributed by atoms with Gasteiger partial charge in [0.15, 0.2) is 0 Å². The van der Waals surface area contributed by atoms with E-state index in [0.29, 0.717) is 17.3 Å². The molecule has 1 aromatic rings. The van der Waals surface area contributed by atoms with Gasteiger partial charge in [-0.25, -0.2) is 0 Å². The molecule has 0 spiro atoms. The molecule has 0 unspecified atom stereocenters. The van der Waals surface area contributed by atoms with E-state index in [0.717, 1.165) is 48.8 Å². The molecular formula is C25H38N2O2. The van der Waals surface area contributed by atoms with Crippen molar-refractivity contribution >= 4 is 6.08 Å². The normalized spacial score (nSPS) is 48.3. The Morgan fingerprint density at radius 1 is 1.07 bits per heavy atom. The highest BCUT2D eigenvalue weighted by Gasteiger charge is 2.61. The molecule has 2 N–H and O–H groups in total. The van der Waals surface area contributed by atoms with E-state index in [9.17, 15) is 10.2 Å². The molecule has 4 heteroatoms. The van der Waals surface area contributed by atoms with Gasteiger partial charge >= 0.3 is 0 Å². The van der Waals surface area contributed by atoms with Crippen molar-refractivity contribution in [3.8, 4) is 0 Å². The maximum absolute atomic E-state index is 11.4. The zero-order valence-corrected chi connectivity index (χ0v) is 18.6. The molecule has 1 aromatic heterocycles. The van der Waals surface area contributed by atoms with Crippen molar-refractivity contribution in [2.75, 3.05) is 0 Å².